The molecular formula is C17H28FN. The second kappa shape index (κ2) is 6.51. The molecule has 0 saturated carbocycles. The standard InChI is InChI=1S/C17H28FN/c1-7-19-16(10-13(3)17(4,5)6)14-9-8-12(2)15(18)11-14/h8-9,11,13,16,19H,7,10H2,1-6H3. The fourth-order valence-electron chi connectivity index (χ4n) is 2.12. The molecule has 1 nitrogen and oxygen atoms in total. The summed E-state index contributed by atoms with van der Waals surface area (Å²) in [5, 5.41) is 3.48. The van der Waals surface area contributed by atoms with Gasteiger partial charge in [-0.3, -0.25) is 0 Å². The molecule has 108 valence electrons. The Morgan fingerprint density at radius 2 is 1.89 bits per heavy atom. The highest BCUT2D eigenvalue weighted by Crippen LogP contribution is 2.33. The summed E-state index contributed by atoms with van der Waals surface area (Å²) in [4.78, 5) is 0. The highest BCUT2D eigenvalue weighted by Gasteiger charge is 2.24. The average molecular weight is 265 g/mol. The molecule has 1 aromatic carbocycles. The quantitative estimate of drug-likeness (QED) is 0.802. The molecular weight excluding hydrogens is 237 g/mol. The van der Waals surface area contributed by atoms with Crippen LogP contribution in [0.3, 0.4) is 0 Å². The minimum atomic E-state index is -0.108. The van der Waals surface area contributed by atoms with E-state index in [1.165, 1.54) is 0 Å². The second-order valence-electron chi connectivity index (χ2n) is 6.62. The van der Waals surface area contributed by atoms with Gasteiger partial charge in [0.1, 0.15) is 5.82 Å². The molecule has 0 aliphatic rings. The van der Waals surface area contributed by atoms with Gasteiger partial charge in [-0.25, -0.2) is 4.39 Å². The van der Waals surface area contributed by atoms with E-state index in [0.29, 0.717) is 11.5 Å². The number of rotatable bonds is 5. The minimum absolute atomic E-state index is 0.108. The van der Waals surface area contributed by atoms with Gasteiger partial charge in [-0.1, -0.05) is 46.8 Å². The van der Waals surface area contributed by atoms with E-state index < -0.39 is 0 Å². The summed E-state index contributed by atoms with van der Waals surface area (Å²) in [6, 6.07) is 5.82. The Morgan fingerprint density at radius 1 is 1.26 bits per heavy atom. The first-order valence-electron chi connectivity index (χ1n) is 7.25. The molecule has 2 atom stereocenters. The largest absolute Gasteiger partial charge is 0.310 e. The van der Waals surface area contributed by atoms with Crippen LogP contribution in [0.25, 0.3) is 0 Å². The molecule has 0 fully saturated rings. The fraction of sp³-hybridized carbons (Fsp3) is 0.647. The van der Waals surface area contributed by atoms with Crippen molar-refractivity contribution in [3.8, 4) is 0 Å². The monoisotopic (exact) mass is 265 g/mol. The molecule has 2 heteroatoms. The number of hydrogen-bond donors (Lipinski definition) is 1. The molecule has 0 spiro atoms. The van der Waals surface area contributed by atoms with E-state index in [1.54, 1.807) is 13.0 Å². The normalized spacial score (nSPS) is 15.3. The molecule has 0 saturated heterocycles. The molecule has 19 heavy (non-hydrogen) atoms. The average Bonchev–Trinajstić information content (AvgIpc) is 2.31. The summed E-state index contributed by atoms with van der Waals surface area (Å²) in [7, 11) is 0. The van der Waals surface area contributed by atoms with Gasteiger partial charge < -0.3 is 5.32 Å². The van der Waals surface area contributed by atoms with Gasteiger partial charge in [0.25, 0.3) is 0 Å². The lowest BCUT2D eigenvalue weighted by Crippen LogP contribution is -2.27. The Kier molecular flexibility index (Phi) is 5.54. The number of halogens is 1. The Bertz CT molecular complexity index is 406. The van der Waals surface area contributed by atoms with E-state index >= 15 is 0 Å². The second-order valence-corrected chi connectivity index (χ2v) is 6.62. The molecule has 0 radical (unpaired) electrons. The zero-order valence-corrected chi connectivity index (χ0v) is 13.2. The third-order valence-corrected chi connectivity index (χ3v) is 4.12. The van der Waals surface area contributed by atoms with Gasteiger partial charge in [0.2, 0.25) is 0 Å². The molecule has 0 heterocycles. The number of benzene rings is 1. The van der Waals surface area contributed by atoms with E-state index in [9.17, 15) is 4.39 Å². The third-order valence-electron chi connectivity index (χ3n) is 4.12. The Morgan fingerprint density at radius 3 is 2.37 bits per heavy atom. The fourth-order valence-corrected chi connectivity index (χ4v) is 2.12. The van der Waals surface area contributed by atoms with Crippen molar-refractivity contribution in [1.29, 1.82) is 0 Å². The van der Waals surface area contributed by atoms with Crippen molar-refractivity contribution in [1.82, 2.24) is 5.32 Å². The SMILES string of the molecule is CCNC(CC(C)C(C)(C)C)c1ccc(C)c(F)c1. The minimum Gasteiger partial charge on any atom is -0.310 e. The number of aryl methyl sites for hydroxylation is 1. The van der Waals surface area contributed by atoms with Crippen LogP contribution in [0.15, 0.2) is 18.2 Å². The lowest BCUT2D eigenvalue weighted by Gasteiger charge is -2.31. The maximum atomic E-state index is 13.7. The van der Waals surface area contributed by atoms with E-state index in [0.717, 1.165) is 18.5 Å². The van der Waals surface area contributed by atoms with Crippen molar-refractivity contribution >= 4 is 0 Å². The van der Waals surface area contributed by atoms with Gasteiger partial charge in [0.05, 0.1) is 0 Å². The van der Waals surface area contributed by atoms with Gasteiger partial charge in [-0.2, -0.15) is 0 Å². The third kappa shape index (κ3) is 4.61. The van der Waals surface area contributed by atoms with Crippen LogP contribution in [-0.4, -0.2) is 6.54 Å². The Balaban J connectivity index is 2.90. The van der Waals surface area contributed by atoms with Gasteiger partial charge in [-0.05, 0) is 48.4 Å². The van der Waals surface area contributed by atoms with Crippen LogP contribution in [0.5, 0.6) is 0 Å². The summed E-state index contributed by atoms with van der Waals surface area (Å²) >= 11 is 0. The van der Waals surface area contributed by atoms with Gasteiger partial charge in [-0.15, -0.1) is 0 Å². The highest BCUT2D eigenvalue weighted by molar-refractivity contribution is 5.26. The predicted molar refractivity (Wildman–Crippen MR) is 80.8 cm³/mol. The Hall–Kier alpha value is -0.890. The molecule has 0 aliphatic carbocycles. The first kappa shape index (κ1) is 16.2. The zero-order valence-electron chi connectivity index (χ0n) is 13.2. The van der Waals surface area contributed by atoms with Crippen LogP contribution < -0.4 is 5.32 Å². The number of nitrogens with one attached hydrogen (secondary N) is 1. The maximum absolute atomic E-state index is 13.7. The predicted octanol–water partition coefficient (Wildman–Crippen LogP) is 4.86. The first-order valence-corrected chi connectivity index (χ1v) is 7.25. The molecule has 1 N–H and O–H groups in total. The molecule has 0 aromatic heterocycles. The molecule has 1 aromatic rings. The summed E-state index contributed by atoms with van der Waals surface area (Å²) in [5.41, 5.74) is 2.04. The molecule has 2 unspecified atom stereocenters. The molecule has 0 amide bonds. The first-order chi connectivity index (χ1) is 8.75. The summed E-state index contributed by atoms with van der Waals surface area (Å²) in [6.45, 7) is 13.9. The zero-order chi connectivity index (χ0) is 14.6. The van der Waals surface area contributed by atoms with Gasteiger partial charge in [0, 0.05) is 6.04 Å². The van der Waals surface area contributed by atoms with Crippen molar-refractivity contribution in [3.63, 3.8) is 0 Å². The van der Waals surface area contributed by atoms with Gasteiger partial charge in [0.15, 0.2) is 0 Å². The van der Waals surface area contributed by atoms with Crippen LogP contribution in [0, 0.1) is 24.1 Å². The summed E-state index contributed by atoms with van der Waals surface area (Å²) in [5.74, 6) is 0.463. The van der Waals surface area contributed by atoms with Crippen molar-refractivity contribution in [3.05, 3.63) is 35.1 Å². The summed E-state index contributed by atoms with van der Waals surface area (Å²) in [6.07, 6.45) is 1.03. The van der Waals surface area contributed by atoms with Crippen LogP contribution in [-0.2, 0) is 0 Å². The van der Waals surface area contributed by atoms with Crippen LogP contribution in [0.2, 0.25) is 0 Å². The topological polar surface area (TPSA) is 12.0 Å². The lowest BCUT2D eigenvalue weighted by atomic mass is 9.77. The smallest absolute Gasteiger partial charge is 0.126 e. The van der Waals surface area contributed by atoms with Gasteiger partial charge >= 0.3 is 0 Å². The van der Waals surface area contributed by atoms with E-state index in [1.807, 2.05) is 12.1 Å². The summed E-state index contributed by atoms with van der Waals surface area (Å²) < 4.78 is 13.7. The molecule has 0 aliphatic heterocycles. The van der Waals surface area contributed by atoms with E-state index in [4.69, 9.17) is 0 Å². The molecule has 0 bridgehead atoms. The van der Waals surface area contributed by atoms with Crippen molar-refractivity contribution in [2.75, 3.05) is 6.54 Å². The van der Waals surface area contributed by atoms with Crippen LogP contribution in [0.4, 0.5) is 4.39 Å². The lowest BCUT2D eigenvalue weighted by molar-refractivity contribution is 0.224. The van der Waals surface area contributed by atoms with Crippen molar-refractivity contribution in [2.45, 2.75) is 54.0 Å². The van der Waals surface area contributed by atoms with Crippen molar-refractivity contribution in [2.24, 2.45) is 11.3 Å². The highest BCUT2D eigenvalue weighted by atomic mass is 19.1. The van der Waals surface area contributed by atoms with Crippen molar-refractivity contribution < 1.29 is 4.39 Å². The van der Waals surface area contributed by atoms with Crippen LogP contribution >= 0.6 is 0 Å². The van der Waals surface area contributed by atoms with E-state index in [-0.39, 0.29) is 17.3 Å². The maximum Gasteiger partial charge on any atom is 0.126 e. The molecule has 1 rings (SSSR count). The van der Waals surface area contributed by atoms with E-state index in [2.05, 4.69) is 39.9 Å². The number of hydrogen-bond acceptors (Lipinski definition) is 1. The Labute approximate surface area is 117 Å². The van der Waals surface area contributed by atoms with Crippen LogP contribution in [0.1, 0.15) is 58.2 Å².